The fourth-order valence-corrected chi connectivity index (χ4v) is 8.27. The number of carbonyl (C=O) groups is 3. The Labute approximate surface area is 350 Å². The molecule has 2 aromatic carbocycles. The quantitative estimate of drug-likeness (QED) is 0.0259. The zero-order valence-electron chi connectivity index (χ0n) is 34.5. The first-order valence-electron chi connectivity index (χ1n) is 19.9. The minimum atomic E-state index is -1.02. The van der Waals surface area contributed by atoms with E-state index in [1.54, 1.807) is 62.6 Å². The number of rotatable bonds is 17. The molecule has 1 aromatic heterocycles. The van der Waals surface area contributed by atoms with E-state index >= 15 is 0 Å². The number of phenols is 1. The Hall–Kier alpha value is -5.87. The van der Waals surface area contributed by atoms with Crippen molar-refractivity contribution in [1.29, 1.82) is 0 Å². The molecule has 2 aliphatic heterocycles. The molecular weight excluding hydrogens is 769 g/mol. The summed E-state index contributed by atoms with van der Waals surface area (Å²) >= 11 is 1.59. The minimum absolute atomic E-state index is 0.0148. The first-order valence-corrected chi connectivity index (χ1v) is 20.8. The standard InChI is InChI=1S/C43H58N10O5S/c1-25(2)38(43(57)53-17-8-10-34(53)42(56)50-26(3)28-12-14-29(15-13-28)40-27(4)49-24-59-40)36(55)22-37(45)58-20-19-52-18-16-30(23-52)51-33(39(46)41(47)48-5)21-32(44)31-9-6-7-11-35(31)54/h6-7,9,11-15,21-22,24-26,30,34,38,51,54H,8,10,16-20,23,44-46H2,1-5H3,(H2,47,48)(H,50,56)/b32-21-,37-22?,39-33+. The number of nitrogens with two attached hydrogens (primary N) is 4. The molecule has 59 heavy (non-hydrogen) atoms. The van der Waals surface area contributed by atoms with E-state index in [-0.39, 0.29) is 53.7 Å². The summed E-state index contributed by atoms with van der Waals surface area (Å²) in [5, 5.41) is 16.8. The molecule has 15 nitrogen and oxygen atoms in total. The van der Waals surface area contributed by atoms with Gasteiger partial charge in [-0.05, 0) is 68.4 Å². The van der Waals surface area contributed by atoms with E-state index in [2.05, 4.69) is 25.5 Å². The lowest BCUT2D eigenvalue weighted by Gasteiger charge is -2.29. The number of aromatic hydroxyl groups is 1. The predicted octanol–water partition coefficient (Wildman–Crippen LogP) is 3.47. The fourth-order valence-electron chi connectivity index (χ4n) is 7.46. The van der Waals surface area contributed by atoms with Gasteiger partial charge in [-0.1, -0.05) is 50.2 Å². The number of hydrogen-bond acceptors (Lipinski definition) is 13. The second-order valence-electron chi connectivity index (χ2n) is 15.3. The van der Waals surface area contributed by atoms with Crippen LogP contribution in [0.2, 0.25) is 0 Å². The summed E-state index contributed by atoms with van der Waals surface area (Å²) in [5.41, 5.74) is 31.2. The summed E-state index contributed by atoms with van der Waals surface area (Å²) < 4.78 is 5.76. The summed E-state index contributed by atoms with van der Waals surface area (Å²) in [6, 6.07) is 13.8. The van der Waals surface area contributed by atoms with E-state index in [1.807, 2.05) is 43.6 Å². The number of amides is 2. The molecule has 2 amide bonds. The third kappa shape index (κ3) is 11.2. The van der Waals surface area contributed by atoms with Crippen LogP contribution in [0, 0.1) is 18.8 Å². The number of nitrogens with zero attached hydrogens (tertiary/aromatic N) is 4. The molecule has 0 aliphatic carbocycles. The Kier molecular flexibility index (Phi) is 15.1. The maximum absolute atomic E-state index is 13.9. The Bertz CT molecular complexity index is 2090. The molecule has 2 aliphatic rings. The van der Waals surface area contributed by atoms with Crippen molar-refractivity contribution in [1.82, 2.24) is 25.4 Å². The molecule has 0 spiro atoms. The van der Waals surface area contributed by atoms with Crippen LogP contribution >= 0.6 is 11.3 Å². The zero-order chi connectivity index (χ0) is 42.8. The highest BCUT2D eigenvalue weighted by molar-refractivity contribution is 7.13. The molecule has 11 N–H and O–H groups in total. The van der Waals surface area contributed by atoms with Gasteiger partial charge in [0.15, 0.2) is 11.7 Å². The van der Waals surface area contributed by atoms with Crippen molar-refractivity contribution in [3.05, 3.63) is 100 Å². The van der Waals surface area contributed by atoms with E-state index in [4.69, 9.17) is 27.7 Å². The van der Waals surface area contributed by atoms with Crippen LogP contribution in [0.25, 0.3) is 16.1 Å². The average Bonchev–Trinajstić information content (AvgIpc) is 3.99. The number of ketones is 1. The maximum Gasteiger partial charge on any atom is 0.243 e. The van der Waals surface area contributed by atoms with Gasteiger partial charge < -0.3 is 48.3 Å². The number of hydrogen-bond donors (Lipinski definition) is 7. The number of nitrogens with one attached hydrogen (secondary N) is 2. The highest BCUT2D eigenvalue weighted by atomic mass is 32.1. The van der Waals surface area contributed by atoms with Crippen LogP contribution in [0.1, 0.15) is 62.9 Å². The summed E-state index contributed by atoms with van der Waals surface area (Å²) in [6.45, 7) is 10.0. The SMILES string of the molecule is CN=C(N)/C(N)=C(/C=C(\N)c1ccccc1O)NC1CCN(CCOC(N)=CC(=O)C(C(=O)N2CCCC2C(=O)NC(C)c2ccc(-c3scnc3C)cc2)C(C)C)C1. The third-order valence-corrected chi connectivity index (χ3v) is 11.7. The molecule has 2 saturated heterocycles. The van der Waals surface area contributed by atoms with Gasteiger partial charge in [0.05, 0.1) is 33.5 Å². The maximum atomic E-state index is 13.9. The van der Waals surface area contributed by atoms with Crippen LogP contribution in [0.5, 0.6) is 5.75 Å². The van der Waals surface area contributed by atoms with Crippen LogP contribution in [-0.4, -0.2) is 95.2 Å². The van der Waals surface area contributed by atoms with E-state index < -0.39 is 23.7 Å². The third-order valence-electron chi connectivity index (χ3n) is 10.8. The first-order chi connectivity index (χ1) is 28.2. The van der Waals surface area contributed by atoms with Gasteiger partial charge in [-0.15, -0.1) is 11.3 Å². The number of thiazole rings is 1. The van der Waals surface area contributed by atoms with Crippen LogP contribution in [-0.2, 0) is 19.1 Å². The first kappa shape index (κ1) is 44.2. The molecule has 5 rings (SSSR count). The molecule has 2 fully saturated rings. The number of aliphatic imine (C=N–C) groups is 1. The van der Waals surface area contributed by atoms with Crippen molar-refractivity contribution in [2.45, 2.75) is 65.1 Å². The Morgan fingerprint density at radius 3 is 2.42 bits per heavy atom. The number of ether oxygens (including phenoxy) is 1. The van der Waals surface area contributed by atoms with Gasteiger partial charge in [0.2, 0.25) is 11.8 Å². The number of aryl methyl sites for hydroxylation is 1. The van der Waals surface area contributed by atoms with Crippen molar-refractivity contribution in [3.63, 3.8) is 0 Å². The normalized spacial score (nSPS) is 19.4. The molecule has 316 valence electrons. The highest BCUT2D eigenvalue weighted by Gasteiger charge is 2.40. The van der Waals surface area contributed by atoms with Gasteiger partial charge in [0.1, 0.15) is 30.2 Å². The summed E-state index contributed by atoms with van der Waals surface area (Å²) in [4.78, 5) is 54.3. The van der Waals surface area contributed by atoms with E-state index in [0.717, 1.165) is 34.7 Å². The number of aromatic nitrogens is 1. The lowest BCUT2D eigenvalue weighted by atomic mass is 9.89. The molecule has 0 bridgehead atoms. The molecular formula is C43H58N10O5S. The monoisotopic (exact) mass is 826 g/mol. The van der Waals surface area contributed by atoms with Crippen molar-refractivity contribution in [2.75, 3.05) is 39.8 Å². The Balaban J connectivity index is 1.13. The lowest BCUT2D eigenvalue weighted by molar-refractivity contribution is -0.146. The van der Waals surface area contributed by atoms with Gasteiger partial charge in [0.25, 0.3) is 0 Å². The largest absolute Gasteiger partial charge is 0.507 e. The minimum Gasteiger partial charge on any atom is -0.507 e. The summed E-state index contributed by atoms with van der Waals surface area (Å²) in [6.07, 6.45) is 4.76. The predicted molar refractivity (Wildman–Crippen MR) is 232 cm³/mol. The van der Waals surface area contributed by atoms with Gasteiger partial charge in [-0.25, -0.2) is 4.98 Å². The number of allylic oxidation sites excluding steroid dienone is 2. The molecule has 4 unspecified atom stereocenters. The van der Waals surface area contributed by atoms with Crippen molar-refractivity contribution in [3.8, 4) is 16.2 Å². The topological polar surface area (TPSA) is 241 Å². The second kappa shape index (κ2) is 20.2. The fraction of sp³-hybridized carbons (Fsp3) is 0.419. The van der Waals surface area contributed by atoms with Crippen molar-refractivity contribution >= 4 is 40.5 Å². The molecule has 0 radical (unpaired) electrons. The number of benzene rings is 2. The molecule has 3 aromatic rings. The highest BCUT2D eigenvalue weighted by Crippen LogP contribution is 2.29. The van der Waals surface area contributed by atoms with Gasteiger partial charge >= 0.3 is 0 Å². The van der Waals surface area contributed by atoms with Gasteiger partial charge in [-0.3, -0.25) is 24.3 Å². The molecule has 4 atom stereocenters. The summed E-state index contributed by atoms with van der Waals surface area (Å²) in [5.74, 6) is -2.37. The average molecular weight is 827 g/mol. The summed E-state index contributed by atoms with van der Waals surface area (Å²) in [7, 11) is 1.54. The zero-order valence-corrected chi connectivity index (χ0v) is 35.3. The molecule has 3 heterocycles. The number of carbonyl (C=O) groups excluding carboxylic acids is 3. The van der Waals surface area contributed by atoms with Crippen molar-refractivity contribution in [2.24, 2.45) is 39.8 Å². The van der Waals surface area contributed by atoms with Crippen LogP contribution in [0.4, 0.5) is 0 Å². The van der Waals surface area contributed by atoms with Crippen LogP contribution in [0.3, 0.4) is 0 Å². The molecule has 16 heteroatoms. The van der Waals surface area contributed by atoms with E-state index in [1.165, 1.54) is 11.0 Å². The molecule has 0 saturated carbocycles. The van der Waals surface area contributed by atoms with Gasteiger partial charge in [0, 0.05) is 56.6 Å². The van der Waals surface area contributed by atoms with Crippen LogP contribution in [0.15, 0.2) is 88.5 Å². The van der Waals surface area contributed by atoms with Gasteiger partial charge in [-0.2, -0.15) is 0 Å². The number of phenolic OH excluding ortho intramolecular Hbond substituents is 1. The smallest absolute Gasteiger partial charge is 0.243 e. The van der Waals surface area contributed by atoms with Crippen LogP contribution < -0.4 is 33.6 Å². The van der Waals surface area contributed by atoms with E-state index in [0.29, 0.717) is 49.4 Å². The number of amidine groups is 1. The Morgan fingerprint density at radius 2 is 1.76 bits per heavy atom. The van der Waals surface area contributed by atoms with E-state index in [9.17, 15) is 19.5 Å². The Morgan fingerprint density at radius 1 is 1.03 bits per heavy atom. The second-order valence-corrected chi connectivity index (χ2v) is 16.2. The number of likely N-dealkylation sites (tertiary alicyclic amines) is 2. The van der Waals surface area contributed by atoms with Crippen molar-refractivity contribution < 1.29 is 24.2 Å². The number of para-hydroxylation sites is 1. The lowest BCUT2D eigenvalue weighted by Crippen LogP contribution is -2.50.